The summed E-state index contributed by atoms with van der Waals surface area (Å²) in [5.41, 5.74) is 10.7. The predicted molar refractivity (Wildman–Crippen MR) is 103 cm³/mol. The number of aryl methyl sites for hydroxylation is 1. The number of imidazole rings is 1. The molecule has 0 atom stereocenters. The first-order valence-corrected chi connectivity index (χ1v) is 8.25. The van der Waals surface area contributed by atoms with E-state index in [4.69, 9.17) is 10.7 Å². The summed E-state index contributed by atoms with van der Waals surface area (Å²) in [5.74, 6) is 1.02. The molecule has 4 rings (SSSR count). The van der Waals surface area contributed by atoms with Crippen LogP contribution in [0.5, 0.6) is 0 Å². The molecule has 2 heterocycles. The summed E-state index contributed by atoms with van der Waals surface area (Å²) >= 11 is 0. The van der Waals surface area contributed by atoms with E-state index >= 15 is 0 Å². The van der Waals surface area contributed by atoms with Crippen molar-refractivity contribution in [3.8, 4) is 11.4 Å². The van der Waals surface area contributed by atoms with E-state index < -0.39 is 0 Å². The molecule has 0 aliphatic carbocycles. The summed E-state index contributed by atoms with van der Waals surface area (Å²) in [6, 6.07) is 17.3. The van der Waals surface area contributed by atoms with E-state index in [1.54, 1.807) is 0 Å². The maximum Gasteiger partial charge on any atom is 0.140 e. The van der Waals surface area contributed by atoms with Gasteiger partial charge in [0.2, 0.25) is 0 Å². The Hall–Kier alpha value is -2.04. The maximum absolute atomic E-state index is 6.02. The number of piperidine rings is 1. The predicted octanol–water partition coefficient (Wildman–Crippen LogP) is 3.59. The smallest absolute Gasteiger partial charge is 0.140 e. The Kier molecular flexibility index (Phi) is 4.78. The van der Waals surface area contributed by atoms with Gasteiger partial charge in [-0.3, -0.25) is 0 Å². The number of benzene rings is 2. The molecule has 0 saturated carbocycles. The van der Waals surface area contributed by atoms with Crippen molar-refractivity contribution in [2.45, 2.75) is 18.9 Å². The highest BCUT2D eigenvalue weighted by Crippen LogP contribution is 2.28. The van der Waals surface area contributed by atoms with Gasteiger partial charge in [0.05, 0.1) is 11.0 Å². The number of rotatable bonds is 2. The summed E-state index contributed by atoms with van der Waals surface area (Å²) in [6.45, 7) is 2.07. The molecular weight excluding hydrogens is 320 g/mol. The minimum Gasteiger partial charge on any atom is -0.371 e. The standard InChI is InChI=1S/C19H22N4.ClH/c1-22-18-8-3-2-7-17(18)21-19(22)14-5-4-6-16(13-14)23-11-9-15(20)10-12-23;/h2-8,13,15H,9-12,20H2,1H3;1H. The second-order valence-corrected chi connectivity index (χ2v) is 6.36. The number of hydrogen-bond acceptors (Lipinski definition) is 3. The summed E-state index contributed by atoms with van der Waals surface area (Å²) < 4.78 is 2.17. The quantitative estimate of drug-likeness (QED) is 0.774. The van der Waals surface area contributed by atoms with Gasteiger partial charge in [-0.2, -0.15) is 0 Å². The van der Waals surface area contributed by atoms with Crippen molar-refractivity contribution in [1.82, 2.24) is 9.55 Å². The van der Waals surface area contributed by atoms with Gasteiger partial charge in [-0.15, -0.1) is 12.4 Å². The van der Waals surface area contributed by atoms with Gasteiger partial charge in [0, 0.05) is 37.4 Å². The molecule has 0 unspecified atom stereocenters. The van der Waals surface area contributed by atoms with Crippen LogP contribution in [0.4, 0.5) is 5.69 Å². The number of nitrogens with two attached hydrogens (primary N) is 1. The number of para-hydroxylation sites is 2. The van der Waals surface area contributed by atoms with Crippen LogP contribution in [-0.2, 0) is 7.05 Å². The fourth-order valence-corrected chi connectivity index (χ4v) is 3.40. The molecule has 126 valence electrons. The van der Waals surface area contributed by atoms with Crippen molar-refractivity contribution in [2.24, 2.45) is 12.8 Å². The molecule has 1 aliphatic heterocycles. The van der Waals surface area contributed by atoms with Crippen molar-refractivity contribution in [3.05, 3.63) is 48.5 Å². The zero-order valence-electron chi connectivity index (χ0n) is 13.9. The minimum atomic E-state index is 0. The Balaban J connectivity index is 0.00000169. The van der Waals surface area contributed by atoms with Crippen LogP contribution < -0.4 is 10.6 Å². The first-order chi connectivity index (χ1) is 11.2. The molecule has 1 aromatic heterocycles. The average molecular weight is 343 g/mol. The Bertz CT molecular complexity index is 834. The molecule has 0 bridgehead atoms. The van der Waals surface area contributed by atoms with Crippen molar-refractivity contribution in [3.63, 3.8) is 0 Å². The van der Waals surface area contributed by atoms with E-state index in [1.165, 1.54) is 5.69 Å². The van der Waals surface area contributed by atoms with Crippen LogP contribution in [-0.4, -0.2) is 28.7 Å². The third-order valence-electron chi connectivity index (χ3n) is 4.80. The van der Waals surface area contributed by atoms with Crippen LogP contribution in [0.25, 0.3) is 22.4 Å². The third-order valence-corrected chi connectivity index (χ3v) is 4.80. The molecule has 0 radical (unpaired) electrons. The Morgan fingerprint density at radius 2 is 1.79 bits per heavy atom. The largest absolute Gasteiger partial charge is 0.371 e. The second-order valence-electron chi connectivity index (χ2n) is 6.36. The van der Waals surface area contributed by atoms with Crippen LogP contribution >= 0.6 is 12.4 Å². The van der Waals surface area contributed by atoms with Gasteiger partial charge in [-0.25, -0.2) is 4.98 Å². The number of anilines is 1. The molecule has 3 aromatic rings. The molecule has 1 fully saturated rings. The molecule has 2 aromatic carbocycles. The molecular formula is C19H23ClN4. The highest BCUT2D eigenvalue weighted by molar-refractivity contribution is 5.85. The molecule has 4 nitrogen and oxygen atoms in total. The van der Waals surface area contributed by atoms with Gasteiger partial charge in [0.15, 0.2) is 0 Å². The van der Waals surface area contributed by atoms with Crippen molar-refractivity contribution >= 4 is 29.1 Å². The number of fused-ring (bicyclic) bond motifs is 1. The van der Waals surface area contributed by atoms with Gasteiger partial charge in [-0.1, -0.05) is 24.3 Å². The first-order valence-electron chi connectivity index (χ1n) is 8.25. The molecule has 24 heavy (non-hydrogen) atoms. The summed E-state index contributed by atoms with van der Waals surface area (Å²) in [6.07, 6.45) is 2.13. The van der Waals surface area contributed by atoms with Crippen molar-refractivity contribution in [1.29, 1.82) is 0 Å². The van der Waals surface area contributed by atoms with E-state index in [9.17, 15) is 0 Å². The first kappa shape index (κ1) is 16.8. The van der Waals surface area contributed by atoms with E-state index in [0.717, 1.165) is 48.4 Å². The van der Waals surface area contributed by atoms with E-state index in [2.05, 4.69) is 59.0 Å². The number of halogens is 1. The Morgan fingerprint density at radius 3 is 2.54 bits per heavy atom. The van der Waals surface area contributed by atoms with Gasteiger partial charge in [-0.05, 0) is 37.1 Å². The topological polar surface area (TPSA) is 47.1 Å². The Labute approximate surface area is 148 Å². The lowest BCUT2D eigenvalue weighted by molar-refractivity contribution is 0.501. The second kappa shape index (κ2) is 6.83. The minimum absolute atomic E-state index is 0. The monoisotopic (exact) mass is 342 g/mol. The van der Waals surface area contributed by atoms with Gasteiger partial charge >= 0.3 is 0 Å². The SMILES string of the molecule is Cl.Cn1c(-c2cccc(N3CCC(N)CC3)c2)nc2ccccc21. The number of aromatic nitrogens is 2. The normalized spacial score (nSPS) is 15.5. The molecule has 0 spiro atoms. The van der Waals surface area contributed by atoms with E-state index in [1.807, 2.05) is 6.07 Å². The highest BCUT2D eigenvalue weighted by Gasteiger charge is 2.17. The number of nitrogens with zero attached hydrogens (tertiary/aromatic N) is 3. The lowest BCUT2D eigenvalue weighted by Crippen LogP contribution is -2.39. The van der Waals surface area contributed by atoms with E-state index in [0.29, 0.717) is 6.04 Å². The summed E-state index contributed by atoms with van der Waals surface area (Å²) in [7, 11) is 2.08. The fourth-order valence-electron chi connectivity index (χ4n) is 3.40. The van der Waals surface area contributed by atoms with Crippen LogP contribution in [0.2, 0.25) is 0 Å². The van der Waals surface area contributed by atoms with Gasteiger partial charge < -0.3 is 15.2 Å². The number of hydrogen-bond donors (Lipinski definition) is 1. The molecule has 2 N–H and O–H groups in total. The van der Waals surface area contributed by atoms with E-state index in [-0.39, 0.29) is 12.4 Å². The van der Waals surface area contributed by atoms with Crippen LogP contribution in [0.15, 0.2) is 48.5 Å². The molecule has 5 heteroatoms. The lowest BCUT2D eigenvalue weighted by Gasteiger charge is -2.32. The van der Waals surface area contributed by atoms with Crippen LogP contribution in [0.1, 0.15) is 12.8 Å². The fraction of sp³-hybridized carbons (Fsp3) is 0.316. The third kappa shape index (κ3) is 2.99. The van der Waals surface area contributed by atoms with Crippen molar-refractivity contribution in [2.75, 3.05) is 18.0 Å². The highest BCUT2D eigenvalue weighted by atomic mass is 35.5. The van der Waals surface area contributed by atoms with Crippen molar-refractivity contribution < 1.29 is 0 Å². The average Bonchev–Trinajstić information content (AvgIpc) is 2.93. The summed E-state index contributed by atoms with van der Waals surface area (Å²) in [4.78, 5) is 7.23. The van der Waals surface area contributed by atoms with Gasteiger partial charge in [0.1, 0.15) is 5.82 Å². The molecule has 0 amide bonds. The zero-order chi connectivity index (χ0) is 15.8. The van der Waals surface area contributed by atoms with Gasteiger partial charge in [0.25, 0.3) is 0 Å². The maximum atomic E-state index is 6.02. The molecule has 1 saturated heterocycles. The van der Waals surface area contributed by atoms with Crippen LogP contribution in [0.3, 0.4) is 0 Å². The summed E-state index contributed by atoms with van der Waals surface area (Å²) in [5, 5.41) is 0. The lowest BCUT2D eigenvalue weighted by atomic mass is 10.0. The molecule has 1 aliphatic rings. The Morgan fingerprint density at radius 1 is 1.04 bits per heavy atom. The zero-order valence-corrected chi connectivity index (χ0v) is 14.7. The van der Waals surface area contributed by atoms with Crippen LogP contribution in [0, 0.1) is 0 Å².